The van der Waals surface area contributed by atoms with Gasteiger partial charge in [0, 0.05) is 36.6 Å². The molecule has 0 spiro atoms. The van der Waals surface area contributed by atoms with Crippen molar-refractivity contribution in [1.82, 2.24) is 14.8 Å². The van der Waals surface area contributed by atoms with Crippen molar-refractivity contribution < 1.29 is 19.3 Å². The highest BCUT2D eigenvalue weighted by Crippen LogP contribution is 2.34. The Labute approximate surface area is 215 Å². The maximum atomic E-state index is 13.3. The number of carbonyl (C=O) groups is 3. The van der Waals surface area contributed by atoms with Crippen LogP contribution < -0.4 is 10.2 Å². The molecule has 1 aliphatic carbocycles. The predicted octanol–water partition coefficient (Wildman–Crippen LogP) is 4.40. The Morgan fingerprint density at radius 2 is 1.70 bits per heavy atom. The summed E-state index contributed by atoms with van der Waals surface area (Å²) in [5.74, 6) is -1.28. The Balaban J connectivity index is 1.50. The maximum Gasteiger partial charge on any atom is 0.331 e. The topological polar surface area (TPSA) is 118 Å². The van der Waals surface area contributed by atoms with Crippen LogP contribution in [-0.4, -0.2) is 51.4 Å². The molecule has 3 heterocycles. The third kappa shape index (κ3) is 4.52. The first kappa shape index (κ1) is 24.7. The van der Waals surface area contributed by atoms with E-state index < -0.39 is 17.8 Å². The first-order valence-electron chi connectivity index (χ1n) is 12.9. The summed E-state index contributed by atoms with van der Waals surface area (Å²) in [6.45, 7) is 5.32. The monoisotopic (exact) mass is 505 g/mol. The van der Waals surface area contributed by atoms with E-state index in [2.05, 4.69) is 5.32 Å². The number of benzene rings is 1. The number of barbiturate groups is 1. The second-order valence-corrected chi connectivity index (χ2v) is 10.1. The fourth-order valence-electron chi connectivity index (χ4n) is 5.85. The van der Waals surface area contributed by atoms with Crippen LogP contribution >= 0.6 is 0 Å². The van der Waals surface area contributed by atoms with E-state index in [1.165, 1.54) is 11.0 Å². The third-order valence-corrected chi connectivity index (χ3v) is 7.70. The van der Waals surface area contributed by atoms with Gasteiger partial charge in [-0.1, -0.05) is 19.3 Å². The summed E-state index contributed by atoms with van der Waals surface area (Å²) in [6, 6.07) is 6.20. The van der Waals surface area contributed by atoms with E-state index in [1.54, 1.807) is 12.1 Å². The van der Waals surface area contributed by atoms with Gasteiger partial charge in [-0.3, -0.25) is 29.9 Å². The molecule has 0 radical (unpaired) electrons. The Hall–Kier alpha value is -3.95. The molecule has 0 atom stereocenters. The smallest absolute Gasteiger partial charge is 0.331 e. The molecular formula is C27H31N5O5. The number of amides is 4. The fourth-order valence-corrected chi connectivity index (χ4v) is 5.85. The van der Waals surface area contributed by atoms with Crippen molar-refractivity contribution in [2.75, 3.05) is 18.0 Å². The van der Waals surface area contributed by atoms with Crippen LogP contribution in [-0.2, 0) is 9.59 Å². The van der Waals surface area contributed by atoms with Gasteiger partial charge in [-0.15, -0.1) is 0 Å². The quantitative estimate of drug-likeness (QED) is 0.279. The number of nitrogens with zero attached hydrogens (tertiary/aromatic N) is 4. The molecule has 2 saturated heterocycles. The van der Waals surface area contributed by atoms with E-state index in [0.29, 0.717) is 16.9 Å². The van der Waals surface area contributed by atoms with Gasteiger partial charge in [0.05, 0.1) is 10.6 Å². The second kappa shape index (κ2) is 9.84. The summed E-state index contributed by atoms with van der Waals surface area (Å²) in [6.07, 6.45) is 7.99. The summed E-state index contributed by atoms with van der Waals surface area (Å²) in [7, 11) is 0. The Bertz CT molecular complexity index is 1310. The van der Waals surface area contributed by atoms with Crippen LogP contribution in [0.15, 0.2) is 29.8 Å². The largest absolute Gasteiger partial charge is 0.366 e. The van der Waals surface area contributed by atoms with Crippen molar-refractivity contribution in [3.05, 3.63) is 56.9 Å². The van der Waals surface area contributed by atoms with E-state index in [4.69, 9.17) is 0 Å². The molecule has 1 saturated carbocycles. The number of aromatic nitrogens is 1. The lowest BCUT2D eigenvalue weighted by Gasteiger charge is -2.35. The minimum atomic E-state index is -0.711. The average Bonchev–Trinajstić information content (AvgIpc) is 3.50. The molecule has 0 bridgehead atoms. The lowest BCUT2D eigenvalue weighted by atomic mass is 9.93. The van der Waals surface area contributed by atoms with E-state index in [9.17, 15) is 24.5 Å². The summed E-state index contributed by atoms with van der Waals surface area (Å²) in [4.78, 5) is 53.3. The summed E-state index contributed by atoms with van der Waals surface area (Å²) in [5.41, 5.74) is 3.39. The third-order valence-electron chi connectivity index (χ3n) is 7.70. The SMILES string of the molecule is Cc1cc(/C=C2\C(=O)NC(=O)N(C3CCCCC3)C2=O)c(C)n1-c1ccc(N2CCCC2)c([N+](=O)[O-])c1. The zero-order chi connectivity index (χ0) is 26.3. The minimum absolute atomic E-state index is 0.0512. The number of carbonyl (C=O) groups excluding carboxylic acids is 3. The van der Waals surface area contributed by atoms with Gasteiger partial charge in [0.15, 0.2) is 0 Å². The Morgan fingerprint density at radius 1 is 1.00 bits per heavy atom. The number of aryl methyl sites for hydroxylation is 1. The van der Waals surface area contributed by atoms with Crippen molar-refractivity contribution in [2.45, 2.75) is 64.8 Å². The number of nitro benzene ring substituents is 1. The van der Waals surface area contributed by atoms with Gasteiger partial charge in [-0.05, 0) is 69.4 Å². The first-order chi connectivity index (χ1) is 17.8. The van der Waals surface area contributed by atoms with Gasteiger partial charge in [-0.25, -0.2) is 4.79 Å². The van der Waals surface area contributed by atoms with Crippen LogP contribution in [0.1, 0.15) is 61.9 Å². The van der Waals surface area contributed by atoms with E-state index >= 15 is 0 Å². The highest BCUT2D eigenvalue weighted by atomic mass is 16.6. The standard InChI is InChI=1S/C27H31N5O5/c1-17-14-19(15-22-25(33)28-27(35)31(26(22)34)20-8-4-3-5-9-20)18(2)30(17)21-10-11-23(24(16-21)32(36)37)29-12-6-7-13-29/h10-11,14-16,20H,3-9,12-13H2,1-2H3,(H,28,33,35)/b22-15+. The van der Waals surface area contributed by atoms with Crippen LogP contribution in [0.5, 0.6) is 0 Å². The number of rotatable bonds is 5. The lowest BCUT2D eigenvalue weighted by molar-refractivity contribution is -0.384. The molecular weight excluding hydrogens is 474 g/mol. The molecule has 0 unspecified atom stereocenters. The minimum Gasteiger partial charge on any atom is -0.366 e. The number of urea groups is 1. The second-order valence-electron chi connectivity index (χ2n) is 10.1. The van der Waals surface area contributed by atoms with Crippen molar-refractivity contribution in [1.29, 1.82) is 0 Å². The molecule has 1 aromatic heterocycles. The van der Waals surface area contributed by atoms with Crippen molar-refractivity contribution in [2.24, 2.45) is 0 Å². The van der Waals surface area contributed by atoms with E-state index in [-0.39, 0.29) is 22.2 Å². The number of imide groups is 2. The summed E-state index contributed by atoms with van der Waals surface area (Å²) >= 11 is 0. The summed E-state index contributed by atoms with van der Waals surface area (Å²) < 4.78 is 1.88. The molecule has 10 nitrogen and oxygen atoms in total. The van der Waals surface area contributed by atoms with Crippen LogP contribution in [0.2, 0.25) is 0 Å². The fraction of sp³-hybridized carbons (Fsp3) is 0.444. The molecule has 4 amide bonds. The van der Waals surface area contributed by atoms with Crippen molar-refractivity contribution in [3.63, 3.8) is 0 Å². The maximum absolute atomic E-state index is 13.3. The zero-order valence-electron chi connectivity index (χ0n) is 21.2. The molecule has 194 valence electrons. The molecule has 1 N–H and O–H groups in total. The van der Waals surface area contributed by atoms with Crippen LogP contribution in [0.3, 0.4) is 0 Å². The Morgan fingerprint density at radius 3 is 2.38 bits per heavy atom. The molecule has 2 aliphatic heterocycles. The molecule has 5 rings (SSSR count). The molecule has 2 aromatic rings. The zero-order valence-corrected chi connectivity index (χ0v) is 21.2. The summed E-state index contributed by atoms with van der Waals surface area (Å²) in [5, 5.41) is 14.2. The van der Waals surface area contributed by atoms with Gasteiger partial charge in [0.25, 0.3) is 17.5 Å². The molecule has 10 heteroatoms. The normalized spacial score (nSPS) is 20.2. The highest BCUT2D eigenvalue weighted by molar-refractivity contribution is 6.31. The van der Waals surface area contributed by atoms with Crippen LogP contribution in [0.25, 0.3) is 11.8 Å². The van der Waals surface area contributed by atoms with Gasteiger partial charge >= 0.3 is 6.03 Å². The highest BCUT2D eigenvalue weighted by Gasteiger charge is 2.40. The number of hydrogen-bond acceptors (Lipinski definition) is 6. The van der Waals surface area contributed by atoms with Gasteiger partial charge < -0.3 is 9.47 Å². The van der Waals surface area contributed by atoms with Gasteiger partial charge in [0.2, 0.25) is 0 Å². The van der Waals surface area contributed by atoms with Crippen molar-refractivity contribution in [3.8, 4) is 5.69 Å². The predicted molar refractivity (Wildman–Crippen MR) is 139 cm³/mol. The molecule has 37 heavy (non-hydrogen) atoms. The molecule has 1 aromatic carbocycles. The first-order valence-corrected chi connectivity index (χ1v) is 12.9. The Kier molecular flexibility index (Phi) is 6.57. The lowest BCUT2D eigenvalue weighted by Crippen LogP contribution is -2.58. The van der Waals surface area contributed by atoms with Crippen molar-refractivity contribution >= 4 is 35.3 Å². The number of hydrogen-bond donors (Lipinski definition) is 1. The van der Waals surface area contributed by atoms with E-state index in [0.717, 1.165) is 69.4 Å². The number of anilines is 1. The van der Waals surface area contributed by atoms with Gasteiger partial charge in [-0.2, -0.15) is 0 Å². The van der Waals surface area contributed by atoms with Gasteiger partial charge in [0.1, 0.15) is 11.3 Å². The average molecular weight is 506 g/mol. The van der Waals surface area contributed by atoms with E-state index in [1.807, 2.05) is 35.4 Å². The van der Waals surface area contributed by atoms with Crippen LogP contribution in [0.4, 0.5) is 16.2 Å². The molecule has 3 aliphatic rings. The number of nitrogens with one attached hydrogen (secondary N) is 1. The molecule has 3 fully saturated rings. The number of nitro groups is 1. The van der Waals surface area contributed by atoms with Crippen LogP contribution in [0, 0.1) is 24.0 Å².